The van der Waals surface area contributed by atoms with E-state index in [4.69, 9.17) is 5.11 Å². The molecule has 0 aliphatic heterocycles. The van der Waals surface area contributed by atoms with E-state index in [0.29, 0.717) is 0 Å². The zero-order valence-electron chi connectivity index (χ0n) is 10.1. The van der Waals surface area contributed by atoms with Crippen molar-refractivity contribution in [1.29, 1.82) is 0 Å². The fourth-order valence-electron chi connectivity index (χ4n) is 1.53. The van der Waals surface area contributed by atoms with Crippen molar-refractivity contribution in [2.24, 2.45) is 0 Å². The number of nitrogens with zero attached hydrogens (tertiary/aromatic N) is 1. The minimum absolute atomic E-state index is 0.0426. The number of pyridine rings is 1. The molecule has 2 rings (SSSR count). The molecule has 5 nitrogen and oxygen atoms in total. The molecule has 0 bridgehead atoms. The van der Waals surface area contributed by atoms with Gasteiger partial charge in [0.15, 0.2) is 0 Å². The van der Waals surface area contributed by atoms with Crippen LogP contribution < -0.4 is 0 Å². The molecular weight excluding hydrogens is 266 g/mol. The van der Waals surface area contributed by atoms with Crippen molar-refractivity contribution in [2.75, 3.05) is 0 Å². The minimum atomic E-state index is -3.65. The van der Waals surface area contributed by atoms with Gasteiger partial charge < -0.3 is 5.11 Å². The molecule has 19 heavy (non-hydrogen) atoms. The van der Waals surface area contributed by atoms with E-state index < -0.39 is 15.8 Å². The van der Waals surface area contributed by atoms with Gasteiger partial charge >= 0.3 is 5.97 Å². The smallest absolute Gasteiger partial charge is 0.335 e. The number of aromatic nitrogens is 1. The molecule has 0 unspecified atom stereocenters. The summed E-state index contributed by atoms with van der Waals surface area (Å²) in [4.78, 5) is 14.8. The van der Waals surface area contributed by atoms with Gasteiger partial charge in [-0.2, -0.15) is 0 Å². The van der Waals surface area contributed by atoms with E-state index in [1.165, 1.54) is 36.5 Å². The Balaban J connectivity index is 2.44. The third kappa shape index (κ3) is 2.63. The predicted octanol–water partition coefficient (Wildman–Crippen LogP) is 1.92. The predicted molar refractivity (Wildman–Crippen MR) is 67.8 cm³/mol. The lowest BCUT2D eigenvalue weighted by molar-refractivity contribution is 0.0697. The second-order valence-electron chi connectivity index (χ2n) is 3.97. The quantitative estimate of drug-likeness (QED) is 0.926. The van der Waals surface area contributed by atoms with Gasteiger partial charge in [0, 0.05) is 11.9 Å². The summed E-state index contributed by atoms with van der Waals surface area (Å²) in [6.45, 7) is 1.76. The molecule has 0 atom stereocenters. The number of sulfone groups is 1. The minimum Gasteiger partial charge on any atom is -0.478 e. The van der Waals surface area contributed by atoms with Gasteiger partial charge in [-0.05, 0) is 43.3 Å². The summed E-state index contributed by atoms with van der Waals surface area (Å²) in [6, 6.07) is 8.16. The van der Waals surface area contributed by atoms with Crippen molar-refractivity contribution in [1.82, 2.24) is 4.98 Å². The Morgan fingerprint density at radius 2 is 1.63 bits per heavy atom. The Labute approximate surface area is 110 Å². The number of hydrogen-bond acceptors (Lipinski definition) is 4. The monoisotopic (exact) mass is 277 g/mol. The van der Waals surface area contributed by atoms with Crippen molar-refractivity contribution in [3.63, 3.8) is 0 Å². The van der Waals surface area contributed by atoms with Gasteiger partial charge in [0.25, 0.3) is 0 Å². The van der Waals surface area contributed by atoms with Gasteiger partial charge in [0.05, 0.1) is 15.4 Å². The molecule has 0 aliphatic rings. The van der Waals surface area contributed by atoms with Crippen LogP contribution in [0.5, 0.6) is 0 Å². The van der Waals surface area contributed by atoms with Crippen LogP contribution in [0.3, 0.4) is 0 Å². The molecule has 1 aromatic heterocycles. The van der Waals surface area contributed by atoms with Gasteiger partial charge in [-0.1, -0.05) is 0 Å². The molecule has 1 N–H and O–H groups in total. The highest BCUT2D eigenvalue weighted by Crippen LogP contribution is 2.20. The van der Waals surface area contributed by atoms with Gasteiger partial charge in [0.2, 0.25) is 9.84 Å². The summed E-state index contributed by atoms with van der Waals surface area (Å²) in [7, 11) is -3.65. The number of aromatic carboxylic acids is 1. The number of carboxylic acid groups (broad SMARTS) is 1. The molecule has 0 amide bonds. The Bertz CT molecular complexity index is 703. The Morgan fingerprint density at radius 3 is 2.11 bits per heavy atom. The molecule has 1 heterocycles. The average Bonchev–Trinajstić information content (AvgIpc) is 2.39. The SMILES string of the molecule is Cc1ccc(S(=O)(=O)c2ccc(C(=O)O)cc2)cn1. The molecule has 0 spiro atoms. The van der Waals surface area contributed by atoms with E-state index in [1.54, 1.807) is 13.0 Å². The fraction of sp³-hybridized carbons (Fsp3) is 0.0769. The van der Waals surface area contributed by atoms with E-state index in [2.05, 4.69) is 4.98 Å². The first-order valence-corrected chi connectivity index (χ1v) is 6.91. The maximum absolute atomic E-state index is 12.2. The number of rotatable bonds is 3. The summed E-state index contributed by atoms with van der Waals surface area (Å²) in [5.41, 5.74) is 0.765. The standard InChI is InChI=1S/C13H11NO4S/c1-9-2-5-12(8-14-9)19(17,18)11-6-3-10(4-7-11)13(15)16/h2-8H,1H3,(H,15,16). The average molecular weight is 277 g/mol. The zero-order chi connectivity index (χ0) is 14.0. The molecule has 0 saturated heterocycles. The Kier molecular flexibility index (Phi) is 3.35. The molecule has 0 radical (unpaired) electrons. The summed E-state index contributed by atoms with van der Waals surface area (Å²) in [5, 5.41) is 8.77. The number of carbonyl (C=O) groups is 1. The van der Waals surface area contributed by atoms with Crippen LogP contribution in [-0.4, -0.2) is 24.5 Å². The van der Waals surface area contributed by atoms with Crippen molar-refractivity contribution >= 4 is 15.8 Å². The van der Waals surface area contributed by atoms with Crippen LogP contribution in [0.2, 0.25) is 0 Å². The van der Waals surface area contributed by atoms with Gasteiger partial charge in [-0.25, -0.2) is 13.2 Å². The summed E-state index contributed by atoms with van der Waals surface area (Å²) < 4.78 is 24.5. The number of aryl methyl sites for hydroxylation is 1. The fourth-order valence-corrected chi connectivity index (χ4v) is 2.73. The first-order chi connectivity index (χ1) is 8.91. The summed E-state index contributed by atoms with van der Waals surface area (Å²) >= 11 is 0. The van der Waals surface area contributed by atoms with Crippen LogP contribution in [0.15, 0.2) is 52.4 Å². The lowest BCUT2D eigenvalue weighted by atomic mass is 10.2. The van der Waals surface area contributed by atoms with Crippen molar-refractivity contribution < 1.29 is 18.3 Å². The number of hydrogen-bond donors (Lipinski definition) is 1. The molecule has 2 aromatic rings. The first-order valence-electron chi connectivity index (χ1n) is 5.42. The molecule has 0 aliphatic carbocycles. The van der Waals surface area contributed by atoms with Crippen LogP contribution in [0, 0.1) is 6.92 Å². The lowest BCUT2D eigenvalue weighted by Gasteiger charge is -2.04. The highest BCUT2D eigenvalue weighted by atomic mass is 32.2. The van der Waals surface area contributed by atoms with Crippen LogP contribution in [0.4, 0.5) is 0 Å². The van der Waals surface area contributed by atoms with Crippen LogP contribution >= 0.6 is 0 Å². The van der Waals surface area contributed by atoms with E-state index in [9.17, 15) is 13.2 Å². The molecule has 98 valence electrons. The number of benzene rings is 1. The third-order valence-electron chi connectivity index (χ3n) is 2.61. The van der Waals surface area contributed by atoms with Crippen LogP contribution in [-0.2, 0) is 9.84 Å². The highest BCUT2D eigenvalue weighted by Gasteiger charge is 2.18. The second kappa shape index (κ2) is 4.81. The number of carboxylic acids is 1. The van der Waals surface area contributed by atoms with Crippen LogP contribution in [0.1, 0.15) is 16.1 Å². The third-order valence-corrected chi connectivity index (χ3v) is 4.36. The van der Waals surface area contributed by atoms with Crippen molar-refractivity contribution in [2.45, 2.75) is 16.7 Å². The maximum atomic E-state index is 12.2. The van der Waals surface area contributed by atoms with E-state index >= 15 is 0 Å². The Morgan fingerprint density at radius 1 is 1.05 bits per heavy atom. The Hall–Kier alpha value is -2.21. The highest BCUT2D eigenvalue weighted by molar-refractivity contribution is 7.91. The molecular formula is C13H11NO4S. The lowest BCUT2D eigenvalue weighted by Crippen LogP contribution is -2.04. The molecule has 6 heteroatoms. The normalized spacial score (nSPS) is 11.2. The van der Waals surface area contributed by atoms with Crippen LogP contribution in [0.25, 0.3) is 0 Å². The van der Waals surface area contributed by atoms with E-state index in [1.807, 2.05) is 0 Å². The molecule has 1 aromatic carbocycles. The second-order valence-corrected chi connectivity index (χ2v) is 5.92. The van der Waals surface area contributed by atoms with E-state index in [-0.39, 0.29) is 15.4 Å². The first kappa shape index (κ1) is 13.2. The topological polar surface area (TPSA) is 84.3 Å². The largest absolute Gasteiger partial charge is 0.478 e. The van der Waals surface area contributed by atoms with Gasteiger partial charge in [-0.15, -0.1) is 0 Å². The van der Waals surface area contributed by atoms with Gasteiger partial charge in [0.1, 0.15) is 0 Å². The van der Waals surface area contributed by atoms with Crippen molar-refractivity contribution in [3.05, 3.63) is 53.9 Å². The van der Waals surface area contributed by atoms with Gasteiger partial charge in [-0.3, -0.25) is 4.98 Å². The summed E-state index contributed by atoms with van der Waals surface area (Å²) in [5.74, 6) is -1.10. The zero-order valence-corrected chi connectivity index (χ0v) is 10.9. The maximum Gasteiger partial charge on any atom is 0.335 e. The molecule has 0 saturated carbocycles. The molecule has 0 fully saturated rings. The summed E-state index contributed by atoms with van der Waals surface area (Å²) in [6.07, 6.45) is 1.29. The van der Waals surface area contributed by atoms with E-state index in [0.717, 1.165) is 5.69 Å². The van der Waals surface area contributed by atoms with Crippen molar-refractivity contribution in [3.8, 4) is 0 Å².